The first-order valence-corrected chi connectivity index (χ1v) is 5.16. The molecule has 1 aliphatic rings. The van der Waals surface area contributed by atoms with E-state index in [9.17, 15) is 0 Å². The van der Waals surface area contributed by atoms with Crippen molar-refractivity contribution < 1.29 is 4.74 Å². The Morgan fingerprint density at radius 1 is 1.50 bits per heavy atom. The topological polar surface area (TPSA) is 49.9 Å². The third-order valence-electron chi connectivity index (χ3n) is 2.67. The fourth-order valence-electron chi connectivity index (χ4n) is 1.92. The van der Waals surface area contributed by atoms with Crippen LogP contribution in [0.4, 0.5) is 0 Å². The van der Waals surface area contributed by atoms with E-state index in [2.05, 4.69) is 15.5 Å². The van der Waals surface area contributed by atoms with Gasteiger partial charge in [0.25, 0.3) is 0 Å². The van der Waals surface area contributed by atoms with Crippen LogP contribution in [-0.2, 0) is 24.1 Å². The Kier molecular flexibility index (Phi) is 3.16. The molecule has 0 fully saturated rings. The average molecular weight is 195 g/mol. The highest BCUT2D eigenvalue weighted by Crippen LogP contribution is 2.22. The van der Waals surface area contributed by atoms with E-state index in [1.165, 1.54) is 36.2 Å². The molecule has 0 unspecified atom stereocenters. The lowest BCUT2D eigenvalue weighted by atomic mass is 10.2. The summed E-state index contributed by atoms with van der Waals surface area (Å²) in [5.41, 5.74) is 3.97. The van der Waals surface area contributed by atoms with Crippen molar-refractivity contribution in [3.8, 4) is 0 Å². The van der Waals surface area contributed by atoms with Crippen LogP contribution in [-0.4, -0.2) is 30.5 Å². The molecule has 4 nitrogen and oxygen atoms in total. The summed E-state index contributed by atoms with van der Waals surface area (Å²) in [7, 11) is 1.72. The van der Waals surface area contributed by atoms with Crippen LogP contribution in [0.2, 0.25) is 0 Å². The molecule has 2 rings (SSSR count). The van der Waals surface area contributed by atoms with E-state index in [-0.39, 0.29) is 0 Å². The highest BCUT2D eigenvalue weighted by molar-refractivity contribution is 5.29. The second-order valence-corrected chi connectivity index (χ2v) is 3.65. The van der Waals surface area contributed by atoms with Crippen molar-refractivity contribution in [2.24, 2.45) is 0 Å². The number of hydrogen-bond donors (Lipinski definition) is 2. The highest BCUT2D eigenvalue weighted by Gasteiger charge is 2.17. The summed E-state index contributed by atoms with van der Waals surface area (Å²) in [6, 6.07) is 0. The molecule has 14 heavy (non-hydrogen) atoms. The summed E-state index contributed by atoms with van der Waals surface area (Å²) < 4.78 is 4.96. The molecular formula is C10H17N3O. The minimum Gasteiger partial charge on any atom is -0.383 e. The Bertz CT molecular complexity index is 296. The first-order chi connectivity index (χ1) is 6.92. The molecule has 1 aromatic rings. The van der Waals surface area contributed by atoms with Gasteiger partial charge in [0.2, 0.25) is 0 Å². The minimum atomic E-state index is 0.757. The van der Waals surface area contributed by atoms with Crippen LogP contribution in [0.3, 0.4) is 0 Å². The van der Waals surface area contributed by atoms with Crippen molar-refractivity contribution in [3.63, 3.8) is 0 Å². The molecule has 78 valence electrons. The molecule has 1 heterocycles. The van der Waals surface area contributed by atoms with Gasteiger partial charge in [-0.05, 0) is 24.8 Å². The molecule has 0 amide bonds. The number of aromatic nitrogens is 2. The number of nitrogens with zero attached hydrogens (tertiary/aromatic N) is 1. The quantitative estimate of drug-likeness (QED) is 0.678. The maximum Gasteiger partial charge on any atom is 0.0794 e. The number of aryl methyl sites for hydroxylation is 1. The van der Waals surface area contributed by atoms with Crippen LogP contribution in [0, 0.1) is 0 Å². The maximum absolute atomic E-state index is 4.96. The van der Waals surface area contributed by atoms with E-state index < -0.39 is 0 Å². The van der Waals surface area contributed by atoms with Crippen molar-refractivity contribution in [2.45, 2.75) is 25.8 Å². The molecular weight excluding hydrogens is 178 g/mol. The summed E-state index contributed by atoms with van der Waals surface area (Å²) in [4.78, 5) is 0. The number of nitrogens with one attached hydrogen (secondary N) is 2. The van der Waals surface area contributed by atoms with Crippen LogP contribution >= 0.6 is 0 Å². The van der Waals surface area contributed by atoms with Crippen LogP contribution in [0.25, 0.3) is 0 Å². The van der Waals surface area contributed by atoms with E-state index in [4.69, 9.17) is 4.74 Å². The van der Waals surface area contributed by atoms with E-state index in [0.29, 0.717) is 0 Å². The number of rotatable bonds is 5. The Hall–Kier alpha value is -0.870. The third kappa shape index (κ3) is 1.96. The number of aromatic amines is 1. The first-order valence-electron chi connectivity index (χ1n) is 5.16. The molecule has 0 aliphatic heterocycles. The fraction of sp³-hybridized carbons (Fsp3) is 0.700. The summed E-state index contributed by atoms with van der Waals surface area (Å²) >= 11 is 0. The van der Waals surface area contributed by atoms with E-state index in [1.54, 1.807) is 7.11 Å². The zero-order valence-electron chi connectivity index (χ0n) is 8.60. The van der Waals surface area contributed by atoms with E-state index >= 15 is 0 Å². The van der Waals surface area contributed by atoms with Gasteiger partial charge in [-0.15, -0.1) is 0 Å². The van der Waals surface area contributed by atoms with Gasteiger partial charge in [0.05, 0.1) is 12.3 Å². The molecule has 0 atom stereocenters. The standard InChI is InChI=1S/C10H17N3O/c1-14-6-5-11-7-10-8-3-2-4-9(8)12-13-10/h11H,2-7H2,1H3,(H,12,13). The molecule has 2 N–H and O–H groups in total. The average Bonchev–Trinajstić information content (AvgIpc) is 2.75. The van der Waals surface area contributed by atoms with Gasteiger partial charge in [-0.3, -0.25) is 5.10 Å². The van der Waals surface area contributed by atoms with E-state index in [0.717, 1.165) is 19.7 Å². The van der Waals surface area contributed by atoms with Gasteiger partial charge in [-0.1, -0.05) is 0 Å². The molecule has 0 radical (unpaired) electrons. The van der Waals surface area contributed by atoms with Gasteiger partial charge < -0.3 is 10.1 Å². The lowest BCUT2D eigenvalue weighted by molar-refractivity contribution is 0.199. The van der Waals surface area contributed by atoms with Crippen molar-refractivity contribution in [2.75, 3.05) is 20.3 Å². The van der Waals surface area contributed by atoms with Gasteiger partial charge in [-0.25, -0.2) is 0 Å². The zero-order chi connectivity index (χ0) is 9.80. The molecule has 0 bridgehead atoms. The Balaban J connectivity index is 1.84. The second-order valence-electron chi connectivity index (χ2n) is 3.65. The highest BCUT2D eigenvalue weighted by atomic mass is 16.5. The summed E-state index contributed by atoms with van der Waals surface area (Å²) in [6.07, 6.45) is 3.63. The molecule has 0 spiro atoms. The lowest BCUT2D eigenvalue weighted by Gasteiger charge is -2.02. The van der Waals surface area contributed by atoms with Gasteiger partial charge in [0.15, 0.2) is 0 Å². The maximum atomic E-state index is 4.96. The molecule has 1 aromatic heterocycles. The van der Waals surface area contributed by atoms with Gasteiger partial charge in [0.1, 0.15) is 0 Å². The largest absolute Gasteiger partial charge is 0.383 e. The predicted octanol–water partition coefficient (Wildman–Crippen LogP) is 0.634. The SMILES string of the molecule is COCCNCc1n[nH]c2c1CCC2. The normalized spacial score (nSPS) is 14.6. The van der Waals surface area contributed by atoms with Gasteiger partial charge in [0, 0.05) is 25.9 Å². The second kappa shape index (κ2) is 4.57. The summed E-state index contributed by atoms with van der Waals surface area (Å²) in [5, 5.41) is 10.7. The van der Waals surface area contributed by atoms with Crippen LogP contribution in [0.15, 0.2) is 0 Å². The molecule has 4 heteroatoms. The Morgan fingerprint density at radius 2 is 2.43 bits per heavy atom. The van der Waals surface area contributed by atoms with Crippen molar-refractivity contribution >= 4 is 0 Å². The van der Waals surface area contributed by atoms with Crippen molar-refractivity contribution in [1.82, 2.24) is 15.5 Å². The van der Waals surface area contributed by atoms with Crippen LogP contribution < -0.4 is 5.32 Å². The zero-order valence-corrected chi connectivity index (χ0v) is 8.60. The lowest BCUT2D eigenvalue weighted by Crippen LogP contribution is -2.19. The summed E-state index contributed by atoms with van der Waals surface area (Å²) in [5.74, 6) is 0. The number of methoxy groups -OCH3 is 1. The Labute approximate surface area is 84.0 Å². The molecule has 0 saturated carbocycles. The first kappa shape index (κ1) is 9.68. The molecule has 1 aliphatic carbocycles. The van der Waals surface area contributed by atoms with Crippen molar-refractivity contribution in [3.05, 3.63) is 17.0 Å². The predicted molar refractivity (Wildman–Crippen MR) is 54.2 cm³/mol. The number of hydrogen-bond acceptors (Lipinski definition) is 3. The van der Waals surface area contributed by atoms with Crippen LogP contribution in [0.5, 0.6) is 0 Å². The number of fused-ring (bicyclic) bond motifs is 1. The van der Waals surface area contributed by atoms with Crippen molar-refractivity contribution in [1.29, 1.82) is 0 Å². The third-order valence-corrected chi connectivity index (χ3v) is 2.67. The Morgan fingerprint density at radius 3 is 3.29 bits per heavy atom. The monoisotopic (exact) mass is 195 g/mol. The number of ether oxygens (including phenoxy) is 1. The summed E-state index contributed by atoms with van der Waals surface area (Å²) in [6.45, 7) is 2.50. The minimum absolute atomic E-state index is 0.757. The smallest absolute Gasteiger partial charge is 0.0794 e. The number of H-pyrrole nitrogens is 1. The molecule has 0 aromatic carbocycles. The van der Waals surface area contributed by atoms with Crippen LogP contribution in [0.1, 0.15) is 23.4 Å². The molecule has 0 saturated heterocycles. The van der Waals surface area contributed by atoms with E-state index in [1.807, 2.05) is 0 Å². The van der Waals surface area contributed by atoms with Gasteiger partial charge in [-0.2, -0.15) is 5.10 Å². The fourth-order valence-corrected chi connectivity index (χ4v) is 1.92. The van der Waals surface area contributed by atoms with Gasteiger partial charge >= 0.3 is 0 Å².